The number of unbranched alkanes of at least 4 members (excludes halogenated alkanes) is 12. The second kappa shape index (κ2) is 24.7. The zero-order chi connectivity index (χ0) is 44.6. The van der Waals surface area contributed by atoms with Gasteiger partial charge in [-0.25, -0.2) is 9.78 Å². The number of hydrogen-bond acceptors (Lipinski definition) is 11. The molecule has 11 atom stereocenters. The monoisotopic (exact) mass is 866 g/mol. The molecule has 11 heteroatoms. The van der Waals surface area contributed by atoms with E-state index in [1.54, 1.807) is 13.4 Å². The average Bonchev–Trinajstić information content (AvgIpc) is 4.11. The number of cyclic esters (lactones) is 1. The molecule has 4 aliphatic rings. The van der Waals surface area contributed by atoms with E-state index < -0.39 is 36.0 Å². The van der Waals surface area contributed by atoms with Crippen LogP contribution in [0.1, 0.15) is 182 Å². The summed E-state index contributed by atoms with van der Waals surface area (Å²) in [4.78, 5) is 44.6. The van der Waals surface area contributed by atoms with Gasteiger partial charge < -0.3 is 32.8 Å². The zero-order valence-electron chi connectivity index (χ0n) is 39.3. The molecule has 0 amide bonds. The Morgan fingerprint density at radius 1 is 0.935 bits per heavy atom. The number of ether oxygens (including phenoxy) is 6. The molecular formula is C51H79NO10. The fraction of sp³-hybridized carbons (Fsp3) is 0.765. The lowest BCUT2D eigenvalue weighted by atomic mass is 9.82. The molecule has 11 unspecified atom stereocenters. The van der Waals surface area contributed by atoms with E-state index in [9.17, 15) is 14.4 Å². The maximum absolute atomic E-state index is 13.9. The van der Waals surface area contributed by atoms with Crippen LogP contribution in [0, 0.1) is 24.7 Å². The SMILES string of the molecule is CCCCCCCCCCCCCCCC(=O)OC1CC(C(C)C(OC)C(C)=CC=CC(C)=Cc2coc(C)n2)OC(=O)C2OC2CC2CC(=O)OC(C2)C(C)CCC2OC12C. The molecule has 0 radical (unpaired) electrons. The van der Waals surface area contributed by atoms with Crippen molar-refractivity contribution >= 4 is 24.0 Å². The fourth-order valence-electron chi connectivity index (χ4n) is 9.69. The van der Waals surface area contributed by atoms with Crippen molar-refractivity contribution in [3.05, 3.63) is 47.2 Å². The van der Waals surface area contributed by atoms with E-state index in [1.165, 1.54) is 64.2 Å². The molecule has 0 N–H and O–H groups in total. The Morgan fingerprint density at radius 3 is 2.24 bits per heavy atom. The average molecular weight is 866 g/mol. The van der Waals surface area contributed by atoms with Gasteiger partial charge in [0.2, 0.25) is 0 Å². The second-order valence-electron chi connectivity index (χ2n) is 19.2. The number of rotatable bonds is 22. The van der Waals surface area contributed by atoms with Crippen LogP contribution in [0.25, 0.3) is 6.08 Å². The fourth-order valence-corrected chi connectivity index (χ4v) is 9.69. The zero-order valence-corrected chi connectivity index (χ0v) is 39.3. The van der Waals surface area contributed by atoms with Crippen molar-refractivity contribution in [1.82, 2.24) is 4.98 Å². The smallest absolute Gasteiger partial charge is 0.338 e. The molecule has 1 aromatic heterocycles. The molecule has 0 spiro atoms. The van der Waals surface area contributed by atoms with Crippen molar-refractivity contribution in [2.24, 2.45) is 17.8 Å². The van der Waals surface area contributed by atoms with E-state index in [1.807, 2.05) is 58.9 Å². The van der Waals surface area contributed by atoms with Gasteiger partial charge in [0.25, 0.3) is 0 Å². The van der Waals surface area contributed by atoms with E-state index in [-0.39, 0.29) is 54.4 Å². The quantitative estimate of drug-likeness (QED) is 0.0362. The Morgan fingerprint density at radius 2 is 1.60 bits per heavy atom. The van der Waals surface area contributed by atoms with E-state index in [4.69, 9.17) is 32.8 Å². The number of oxazole rings is 1. The van der Waals surface area contributed by atoms with Crippen LogP contribution < -0.4 is 0 Å². The highest BCUT2D eigenvalue weighted by Gasteiger charge is 2.60. The molecule has 5 rings (SSSR count). The normalized spacial score (nSPS) is 30.5. The van der Waals surface area contributed by atoms with Crippen LogP contribution >= 0.6 is 0 Å². The van der Waals surface area contributed by atoms with Crippen LogP contribution in [0.3, 0.4) is 0 Å². The molecule has 62 heavy (non-hydrogen) atoms. The van der Waals surface area contributed by atoms with Crippen LogP contribution in [-0.4, -0.2) is 78.3 Å². The largest absolute Gasteiger partial charge is 0.462 e. The number of epoxide rings is 2. The summed E-state index contributed by atoms with van der Waals surface area (Å²) < 4.78 is 42.5. The number of nitrogens with zero attached hydrogens (tertiary/aromatic N) is 1. The van der Waals surface area contributed by atoms with Gasteiger partial charge in [-0.2, -0.15) is 0 Å². The minimum absolute atomic E-state index is 0.0764. The van der Waals surface area contributed by atoms with Gasteiger partial charge in [-0.1, -0.05) is 116 Å². The Hall–Kier alpha value is -3.28. The third-order valence-electron chi connectivity index (χ3n) is 13.8. The summed E-state index contributed by atoms with van der Waals surface area (Å²) in [5, 5.41) is 0. The highest BCUT2D eigenvalue weighted by Crippen LogP contribution is 2.47. The minimum atomic E-state index is -0.764. The van der Waals surface area contributed by atoms with Gasteiger partial charge in [-0.05, 0) is 81.9 Å². The second-order valence-corrected chi connectivity index (χ2v) is 19.2. The van der Waals surface area contributed by atoms with Crippen LogP contribution in [0.5, 0.6) is 0 Å². The van der Waals surface area contributed by atoms with Gasteiger partial charge in [0.05, 0.1) is 18.3 Å². The highest BCUT2D eigenvalue weighted by atomic mass is 16.7. The summed E-state index contributed by atoms with van der Waals surface area (Å²) in [6, 6.07) is 0. The Balaban J connectivity index is 1.26. The lowest BCUT2D eigenvalue weighted by Crippen LogP contribution is -2.43. The summed E-state index contributed by atoms with van der Waals surface area (Å²) in [7, 11) is 1.66. The van der Waals surface area contributed by atoms with Crippen molar-refractivity contribution in [3.63, 3.8) is 0 Å². The summed E-state index contributed by atoms with van der Waals surface area (Å²) in [6.45, 7) is 14.2. The molecule has 4 aliphatic heterocycles. The first-order valence-corrected chi connectivity index (χ1v) is 24.2. The summed E-state index contributed by atoms with van der Waals surface area (Å²) >= 11 is 0. The number of aryl methyl sites for hydroxylation is 1. The maximum Gasteiger partial charge on any atom is 0.338 e. The van der Waals surface area contributed by atoms with Gasteiger partial charge in [0, 0.05) is 39.2 Å². The van der Waals surface area contributed by atoms with Gasteiger partial charge >= 0.3 is 17.9 Å². The Kier molecular flexibility index (Phi) is 19.8. The van der Waals surface area contributed by atoms with E-state index >= 15 is 0 Å². The number of methoxy groups -OCH3 is 1. The third kappa shape index (κ3) is 15.5. The molecule has 11 nitrogen and oxygen atoms in total. The van der Waals surface area contributed by atoms with Crippen molar-refractivity contribution in [1.29, 1.82) is 0 Å². The first-order valence-electron chi connectivity index (χ1n) is 24.2. The third-order valence-corrected chi connectivity index (χ3v) is 13.8. The predicted octanol–water partition coefficient (Wildman–Crippen LogP) is 11.3. The number of esters is 3. The molecule has 348 valence electrons. The molecule has 1 aromatic rings. The molecule has 5 heterocycles. The molecular weight excluding hydrogens is 787 g/mol. The van der Waals surface area contributed by atoms with Crippen LogP contribution in [0.15, 0.2) is 40.1 Å². The van der Waals surface area contributed by atoms with Crippen molar-refractivity contribution in [3.8, 4) is 0 Å². The van der Waals surface area contributed by atoms with Gasteiger partial charge in [-0.15, -0.1) is 0 Å². The Labute approximate surface area is 372 Å². The lowest BCUT2D eigenvalue weighted by molar-refractivity contribution is -0.164. The first kappa shape index (κ1) is 49.7. The van der Waals surface area contributed by atoms with E-state index in [2.05, 4.69) is 18.8 Å². The maximum atomic E-state index is 13.9. The van der Waals surface area contributed by atoms with Crippen LogP contribution in [-0.2, 0) is 42.8 Å². The van der Waals surface area contributed by atoms with E-state index in [0.29, 0.717) is 25.2 Å². The molecule has 0 saturated carbocycles. The number of carbonyl (C=O) groups is 3. The number of fused-ring (bicyclic) bond motifs is 4. The van der Waals surface area contributed by atoms with Gasteiger partial charge in [0.1, 0.15) is 35.9 Å². The van der Waals surface area contributed by atoms with Crippen molar-refractivity contribution in [2.45, 2.75) is 225 Å². The molecule has 4 saturated heterocycles. The summed E-state index contributed by atoms with van der Waals surface area (Å²) in [5.41, 5.74) is 1.94. The van der Waals surface area contributed by atoms with Crippen molar-refractivity contribution < 1.29 is 47.2 Å². The molecule has 0 aromatic carbocycles. The van der Waals surface area contributed by atoms with Crippen LogP contribution in [0.4, 0.5) is 0 Å². The minimum Gasteiger partial charge on any atom is -0.462 e. The summed E-state index contributed by atoms with van der Waals surface area (Å²) in [6.07, 6.45) is 26.2. The van der Waals surface area contributed by atoms with Gasteiger partial charge in [-0.3, -0.25) is 9.59 Å². The Bertz CT molecular complexity index is 1660. The molecule has 2 bridgehead atoms. The van der Waals surface area contributed by atoms with E-state index in [0.717, 1.165) is 55.4 Å². The number of carbonyl (C=O) groups excluding carboxylic acids is 3. The van der Waals surface area contributed by atoms with Gasteiger partial charge in [0.15, 0.2) is 12.0 Å². The number of allylic oxidation sites excluding steroid dienone is 4. The topological polar surface area (TPSA) is 139 Å². The first-order chi connectivity index (χ1) is 29.8. The molecule has 0 aliphatic carbocycles. The number of aromatic nitrogens is 1. The lowest BCUT2D eigenvalue weighted by Gasteiger charge is -2.34. The summed E-state index contributed by atoms with van der Waals surface area (Å²) in [5.74, 6) is -0.404. The van der Waals surface area contributed by atoms with Crippen LogP contribution in [0.2, 0.25) is 0 Å². The molecule has 4 fully saturated rings. The predicted molar refractivity (Wildman–Crippen MR) is 240 cm³/mol. The number of hydrogen-bond donors (Lipinski definition) is 0. The standard InChI is InChI=1S/C51H79NO10/c1-9-10-11-12-13-14-15-16-17-18-19-20-21-25-46(53)61-45-32-42(37(5)48(56-8)36(4)24-22-23-34(2)28-40-33-57-38(6)52-40)60-50(55)49-43(59-49)30-39-29-41(58-47(54)31-39)35(3)26-27-44-51(45,7)62-44/h22-24,28,33,35,37,39,41-45,48-49H,9-21,25-27,29-32H2,1-8H3. The van der Waals surface area contributed by atoms with Crippen molar-refractivity contribution in [2.75, 3.05) is 7.11 Å². The highest BCUT2D eigenvalue weighted by molar-refractivity contribution is 5.78.